The van der Waals surface area contributed by atoms with Crippen LogP contribution in [-0.2, 0) is 0 Å². The molecule has 0 aliphatic rings. The van der Waals surface area contributed by atoms with E-state index in [9.17, 15) is 0 Å². The van der Waals surface area contributed by atoms with Gasteiger partial charge in [0.25, 0.3) is 0 Å². The summed E-state index contributed by atoms with van der Waals surface area (Å²) < 4.78 is 0. The normalized spacial score (nSPS) is 13.4. The molecule has 0 radical (unpaired) electrons. The lowest BCUT2D eigenvalue weighted by molar-refractivity contribution is 0.512. The lowest BCUT2D eigenvalue weighted by Gasteiger charge is -2.21. The Morgan fingerprint density at radius 2 is 1.92 bits per heavy atom. The number of rotatable bonds is 6. The van der Waals surface area contributed by atoms with Crippen molar-refractivity contribution in [1.82, 2.24) is 5.32 Å². The van der Waals surface area contributed by atoms with Gasteiger partial charge in [-0.15, -0.1) is 0 Å². The van der Waals surface area contributed by atoms with Crippen molar-refractivity contribution in [3.05, 3.63) is 12.2 Å². The van der Waals surface area contributed by atoms with Crippen LogP contribution in [0, 0.1) is 5.92 Å². The van der Waals surface area contributed by atoms with Gasteiger partial charge in [0, 0.05) is 6.04 Å². The molecule has 0 aliphatic carbocycles. The molecule has 0 aromatic rings. The molecule has 1 nitrogen and oxygen atoms in total. The second-order valence-electron chi connectivity index (χ2n) is 3.64. The fourth-order valence-corrected chi connectivity index (χ4v) is 1.26. The van der Waals surface area contributed by atoms with Gasteiger partial charge in [-0.3, -0.25) is 0 Å². The molecule has 0 rings (SSSR count). The molecule has 0 heterocycles. The van der Waals surface area contributed by atoms with Crippen LogP contribution in [0.3, 0.4) is 0 Å². The molecule has 0 aromatic heterocycles. The smallest absolute Gasteiger partial charge is 0.0276 e. The van der Waals surface area contributed by atoms with Crippen LogP contribution in [0.5, 0.6) is 0 Å². The molecule has 0 saturated carbocycles. The van der Waals surface area contributed by atoms with Gasteiger partial charge in [0.15, 0.2) is 0 Å². The molecule has 0 aromatic carbocycles. The van der Waals surface area contributed by atoms with Gasteiger partial charge >= 0.3 is 0 Å². The van der Waals surface area contributed by atoms with E-state index in [2.05, 4.69) is 39.6 Å². The highest BCUT2D eigenvalue weighted by Gasteiger charge is 2.11. The molecule has 0 fully saturated rings. The fraction of sp³-hybridized carbons (Fsp3) is 0.818. The molecule has 0 aliphatic heterocycles. The SMILES string of the molecule is C=C(C(C)C)C(CC)NCCC. The van der Waals surface area contributed by atoms with Gasteiger partial charge in [-0.1, -0.05) is 39.8 Å². The van der Waals surface area contributed by atoms with E-state index in [0.29, 0.717) is 12.0 Å². The maximum atomic E-state index is 4.12. The van der Waals surface area contributed by atoms with Gasteiger partial charge in [0.1, 0.15) is 0 Å². The van der Waals surface area contributed by atoms with E-state index in [-0.39, 0.29) is 0 Å². The van der Waals surface area contributed by atoms with Crippen molar-refractivity contribution in [2.75, 3.05) is 6.54 Å². The summed E-state index contributed by atoms with van der Waals surface area (Å²) >= 11 is 0. The molecule has 1 heteroatoms. The summed E-state index contributed by atoms with van der Waals surface area (Å²) in [6.07, 6.45) is 2.35. The van der Waals surface area contributed by atoms with Crippen molar-refractivity contribution in [3.63, 3.8) is 0 Å². The van der Waals surface area contributed by atoms with Crippen molar-refractivity contribution >= 4 is 0 Å². The van der Waals surface area contributed by atoms with Gasteiger partial charge in [-0.25, -0.2) is 0 Å². The average Bonchev–Trinajstić information content (AvgIpc) is 2.05. The van der Waals surface area contributed by atoms with Gasteiger partial charge in [0.05, 0.1) is 0 Å². The van der Waals surface area contributed by atoms with Crippen molar-refractivity contribution in [3.8, 4) is 0 Å². The van der Waals surface area contributed by atoms with E-state index in [1.165, 1.54) is 12.0 Å². The Bertz CT molecular complexity index is 127. The summed E-state index contributed by atoms with van der Waals surface area (Å²) in [4.78, 5) is 0. The fourth-order valence-electron chi connectivity index (χ4n) is 1.26. The summed E-state index contributed by atoms with van der Waals surface area (Å²) in [5, 5.41) is 3.50. The average molecular weight is 169 g/mol. The third-order valence-electron chi connectivity index (χ3n) is 2.24. The molecular weight excluding hydrogens is 146 g/mol. The lowest BCUT2D eigenvalue weighted by Crippen LogP contribution is -2.32. The van der Waals surface area contributed by atoms with Crippen molar-refractivity contribution < 1.29 is 0 Å². The third-order valence-corrected chi connectivity index (χ3v) is 2.24. The minimum absolute atomic E-state index is 0.518. The maximum absolute atomic E-state index is 4.12. The first-order chi connectivity index (χ1) is 5.63. The number of hydrogen-bond acceptors (Lipinski definition) is 1. The van der Waals surface area contributed by atoms with E-state index in [4.69, 9.17) is 0 Å². The lowest BCUT2D eigenvalue weighted by atomic mass is 9.96. The highest BCUT2D eigenvalue weighted by Crippen LogP contribution is 2.13. The predicted molar refractivity (Wildman–Crippen MR) is 56.4 cm³/mol. The van der Waals surface area contributed by atoms with Crippen LogP contribution in [0.1, 0.15) is 40.5 Å². The van der Waals surface area contributed by atoms with Crippen molar-refractivity contribution in [2.24, 2.45) is 5.92 Å². The molecule has 0 bridgehead atoms. The zero-order valence-electron chi connectivity index (χ0n) is 8.98. The zero-order valence-corrected chi connectivity index (χ0v) is 8.98. The Morgan fingerprint density at radius 1 is 1.33 bits per heavy atom. The highest BCUT2D eigenvalue weighted by atomic mass is 14.9. The van der Waals surface area contributed by atoms with Gasteiger partial charge in [0.2, 0.25) is 0 Å². The van der Waals surface area contributed by atoms with E-state index in [1.807, 2.05) is 0 Å². The van der Waals surface area contributed by atoms with E-state index < -0.39 is 0 Å². The predicted octanol–water partition coefficient (Wildman–Crippen LogP) is 2.98. The minimum Gasteiger partial charge on any atom is -0.310 e. The quantitative estimate of drug-likeness (QED) is 0.603. The molecule has 1 atom stereocenters. The number of hydrogen-bond donors (Lipinski definition) is 1. The van der Waals surface area contributed by atoms with E-state index >= 15 is 0 Å². The maximum Gasteiger partial charge on any atom is 0.0276 e. The van der Waals surface area contributed by atoms with Crippen LogP contribution < -0.4 is 5.32 Å². The Labute approximate surface area is 77.2 Å². The van der Waals surface area contributed by atoms with Crippen molar-refractivity contribution in [2.45, 2.75) is 46.6 Å². The van der Waals surface area contributed by atoms with Crippen LogP contribution in [0.25, 0.3) is 0 Å². The number of nitrogens with one attached hydrogen (secondary N) is 1. The standard InChI is InChI=1S/C11H23N/c1-6-8-12-11(7-2)10(5)9(3)4/h9,11-12H,5-8H2,1-4H3. The van der Waals surface area contributed by atoms with Crippen LogP contribution >= 0.6 is 0 Å². The van der Waals surface area contributed by atoms with Crippen LogP contribution in [-0.4, -0.2) is 12.6 Å². The molecule has 0 spiro atoms. The summed E-state index contributed by atoms with van der Waals surface area (Å²) in [5.74, 6) is 0.597. The molecular formula is C11H23N. The monoisotopic (exact) mass is 169 g/mol. The van der Waals surface area contributed by atoms with Gasteiger partial charge in [-0.05, 0) is 25.3 Å². The molecule has 1 N–H and O–H groups in total. The highest BCUT2D eigenvalue weighted by molar-refractivity contribution is 5.07. The second kappa shape index (κ2) is 6.24. The Hall–Kier alpha value is -0.300. The molecule has 0 amide bonds. The Morgan fingerprint density at radius 3 is 2.25 bits per heavy atom. The first-order valence-electron chi connectivity index (χ1n) is 5.05. The minimum atomic E-state index is 0.518. The van der Waals surface area contributed by atoms with Gasteiger partial charge in [-0.2, -0.15) is 0 Å². The summed E-state index contributed by atoms with van der Waals surface area (Å²) in [7, 11) is 0. The topological polar surface area (TPSA) is 12.0 Å². The molecule has 72 valence electrons. The van der Waals surface area contributed by atoms with Gasteiger partial charge < -0.3 is 5.32 Å². The molecule has 1 unspecified atom stereocenters. The largest absolute Gasteiger partial charge is 0.310 e. The zero-order chi connectivity index (χ0) is 9.56. The van der Waals surface area contributed by atoms with Crippen molar-refractivity contribution in [1.29, 1.82) is 0 Å². The molecule has 12 heavy (non-hydrogen) atoms. The summed E-state index contributed by atoms with van der Waals surface area (Å²) in [5.41, 5.74) is 1.34. The Kier molecular flexibility index (Phi) is 6.09. The van der Waals surface area contributed by atoms with E-state index in [1.54, 1.807) is 0 Å². The Balaban J connectivity index is 3.88. The second-order valence-corrected chi connectivity index (χ2v) is 3.64. The van der Waals surface area contributed by atoms with Crippen LogP contribution in [0.4, 0.5) is 0 Å². The van der Waals surface area contributed by atoms with Crippen LogP contribution in [0.15, 0.2) is 12.2 Å². The third kappa shape index (κ3) is 3.91. The first kappa shape index (κ1) is 11.7. The van der Waals surface area contributed by atoms with Crippen LogP contribution in [0.2, 0.25) is 0 Å². The van der Waals surface area contributed by atoms with E-state index in [0.717, 1.165) is 13.0 Å². The summed E-state index contributed by atoms with van der Waals surface area (Å²) in [6.45, 7) is 14.0. The summed E-state index contributed by atoms with van der Waals surface area (Å²) in [6, 6.07) is 0.518. The molecule has 0 saturated heterocycles. The first-order valence-corrected chi connectivity index (χ1v) is 5.05.